The van der Waals surface area contributed by atoms with E-state index >= 15 is 0 Å². The number of carbonyl (C=O) groups excluding carboxylic acids is 2. The Morgan fingerprint density at radius 3 is 2.49 bits per heavy atom. The summed E-state index contributed by atoms with van der Waals surface area (Å²) in [5.41, 5.74) is 5.13. The van der Waals surface area contributed by atoms with Crippen molar-refractivity contribution >= 4 is 11.7 Å². The van der Waals surface area contributed by atoms with E-state index in [0.29, 0.717) is 46.2 Å². The highest BCUT2D eigenvalue weighted by Gasteiger charge is 2.45. The number of methoxy groups -OCH3 is 1. The lowest BCUT2D eigenvalue weighted by molar-refractivity contribution is -0.123. The van der Waals surface area contributed by atoms with Gasteiger partial charge in [0.1, 0.15) is 34.9 Å². The first-order valence-electron chi connectivity index (χ1n) is 16.1. The van der Waals surface area contributed by atoms with E-state index in [1.165, 1.54) is 19.2 Å². The molecule has 3 aromatic rings. The quantitative estimate of drug-likeness (QED) is 0.194. The van der Waals surface area contributed by atoms with Crippen molar-refractivity contribution in [3.63, 3.8) is 0 Å². The summed E-state index contributed by atoms with van der Waals surface area (Å²) in [5.74, 6) is 0.219. The number of piperazine rings is 1. The number of aliphatic hydroxyl groups is 1. The number of rotatable bonds is 14. The molecule has 2 aliphatic heterocycles. The number of hydrogen-bond donors (Lipinski definition) is 2. The molecule has 5 rings (SSSR count). The van der Waals surface area contributed by atoms with Gasteiger partial charge < -0.3 is 34.9 Å². The van der Waals surface area contributed by atoms with Crippen molar-refractivity contribution in [1.82, 2.24) is 14.8 Å². The second kappa shape index (κ2) is 14.4. The number of benzene rings is 2. The SMILES string of the molecule is COc1cc(C(=O)CC[C@](C)(O)c2cc3c(c(-c4ccc(F)cc4)n2)OC[C@]3(C)C(N)=O)ccc1OCCCCN1CCN(C)CC1. The van der Waals surface area contributed by atoms with Crippen molar-refractivity contribution in [2.75, 3.05) is 60.1 Å². The van der Waals surface area contributed by atoms with Crippen LogP contribution < -0.4 is 19.9 Å². The molecule has 0 saturated carbocycles. The lowest BCUT2D eigenvalue weighted by Gasteiger charge is -2.32. The van der Waals surface area contributed by atoms with E-state index in [9.17, 15) is 19.1 Å². The molecule has 47 heavy (non-hydrogen) atoms. The van der Waals surface area contributed by atoms with Gasteiger partial charge in [-0.15, -0.1) is 0 Å². The van der Waals surface area contributed by atoms with Crippen molar-refractivity contribution in [1.29, 1.82) is 0 Å². The second-order valence-electron chi connectivity index (χ2n) is 13.0. The fourth-order valence-electron chi connectivity index (χ4n) is 5.95. The smallest absolute Gasteiger partial charge is 0.231 e. The zero-order valence-electron chi connectivity index (χ0n) is 27.7. The second-order valence-corrected chi connectivity index (χ2v) is 13.0. The van der Waals surface area contributed by atoms with Crippen LogP contribution in [0, 0.1) is 5.82 Å². The molecule has 10 nitrogen and oxygen atoms in total. The molecule has 11 heteroatoms. The lowest BCUT2D eigenvalue weighted by Crippen LogP contribution is -2.44. The number of halogens is 1. The van der Waals surface area contributed by atoms with Crippen LogP contribution in [0.25, 0.3) is 11.3 Å². The number of ketones is 1. The number of pyridine rings is 1. The summed E-state index contributed by atoms with van der Waals surface area (Å²) in [6.45, 7) is 9.26. The van der Waals surface area contributed by atoms with Gasteiger partial charge in [0, 0.05) is 49.3 Å². The van der Waals surface area contributed by atoms with Crippen LogP contribution in [-0.4, -0.2) is 91.7 Å². The van der Waals surface area contributed by atoms with E-state index in [1.807, 2.05) is 0 Å². The molecule has 1 saturated heterocycles. The van der Waals surface area contributed by atoms with Crippen molar-refractivity contribution < 1.29 is 33.3 Å². The van der Waals surface area contributed by atoms with Crippen LogP contribution in [-0.2, 0) is 15.8 Å². The monoisotopic (exact) mass is 648 g/mol. The standard InChI is InChI=1S/C36H45FN4O6/c1-35(34(38)43)23-47-33-27(35)22-31(39-32(33)24-7-10-26(37)11-8-24)36(2,44)14-13-28(42)25-9-12-29(30(21-25)45-4)46-20-6-5-15-41-18-16-40(3)17-19-41/h7-12,21-22,44H,5-6,13-20,23H2,1-4H3,(H2,38,43)/t35-,36-/m0/s1. The van der Waals surface area contributed by atoms with E-state index in [0.717, 1.165) is 45.6 Å². The first-order valence-corrected chi connectivity index (χ1v) is 16.1. The number of nitrogens with zero attached hydrogens (tertiary/aromatic N) is 3. The number of ether oxygens (including phenoxy) is 3. The van der Waals surface area contributed by atoms with Gasteiger partial charge in [0.05, 0.1) is 19.4 Å². The third-order valence-electron chi connectivity index (χ3n) is 9.33. The number of hydrogen-bond acceptors (Lipinski definition) is 9. The molecule has 0 radical (unpaired) electrons. The highest BCUT2D eigenvalue weighted by molar-refractivity contribution is 5.96. The normalized spacial score (nSPS) is 19.4. The molecular formula is C36H45FN4O6. The molecule has 1 aromatic heterocycles. The topological polar surface area (TPSA) is 127 Å². The molecule has 0 spiro atoms. The minimum absolute atomic E-state index is 0.00970. The van der Waals surface area contributed by atoms with Gasteiger partial charge in [0.25, 0.3) is 0 Å². The van der Waals surface area contributed by atoms with Crippen molar-refractivity contribution in [2.45, 2.75) is 50.5 Å². The number of aromatic nitrogens is 1. The number of amides is 1. The van der Waals surface area contributed by atoms with Crippen LogP contribution >= 0.6 is 0 Å². The van der Waals surface area contributed by atoms with Crippen LogP contribution in [0.2, 0.25) is 0 Å². The fourth-order valence-corrected chi connectivity index (χ4v) is 5.95. The molecule has 1 fully saturated rings. The Hall–Kier alpha value is -4.06. The maximum absolute atomic E-state index is 13.7. The van der Waals surface area contributed by atoms with Crippen LogP contribution in [0.15, 0.2) is 48.5 Å². The average Bonchev–Trinajstić information content (AvgIpc) is 3.42. The minimum atomic E-state index is -1.56. The van der Waals surface area contributed by atoms with Gasteiger partial charge in [-0.1, -0.05) is 0 Å². The highest BCUT2D eigenvalue weighted by Crippen LogP contribution is 2.46. The Morgan fingerprint density at radius 1 is 1.09 bits per heavy atom. The number of Topliss-reactive ketones (excluding diaryl/α,β-unsaturated/α-hetero) is 1. The molecule has 2 aliphatic rings. The summed E-state index contributed by atoms with van der Waals surface area (Å²) < 4.78 is 31.1. The van der Waals surface area contributed by atoms with E-state index in [1.54, 1.807) is 50.2 Å². The summed E-state index contributed by atoms with van der Waals surface area (Å²) in [7, 11) is 3.69. The van der Waals surface area contributed by atoms with E-state index < -0.39 is 22.7 Å². The molecule has 0 bridgehead atoms. The summed E-state index contributed by atoms with van der Waals surface area (Å²) in [6, 6.07) is 12.4. The average molecular weight is 649 g/mol. The Labute approximate surface area is 275 Å². The van der Waals surface area contributed by atoms with E-state index in [4.69, 9.17) is 24.9 Å². The van der Waals surface area contributed by atoms with Crippen LogP contribution in [0.1, 0.15) is 61.1 Å². The largest absolute Gasteiger partial charge is 0.493 e. The number of fused-ring (bicyclic) bond motifs is 1. The molecule has 2 aromatic carbocycles. The van der Waals surface area contributed by atoms with Gasteiger partial charge >= 0.3 is 0 Å². The van der Waals surface area contributed by atoms with Gasteiger partial charge in [-0.05, 0) is 95.2 Å². The molecule has 1 amide bonds. The minimum Gasteiger partial charge on any atom is -0.493 e. The first-order chi connectivity index (χ1) is 22.4. The molecule has 0 unspecified atom stereocenters. The number of carbonyl (C=O) groups is 2. The summed E-state index contributed by atoms with van der Waals surface area (Å²) in [4.78, 5) is 35.3. The van der Waals surface area contributed by atoms with Crippen LogP contribution in [0.5, 0.6) is 17.2 Å². The van der Waals surface area contributed by atoms with Gasteiger partial charge in [0.15, 0.2) is 17.3 Å². The number of unbranched alkanes of at least 4 members (excludes halogenated alkanes) is 1. The molecule has 3 N–H and O–H groups in total. The summed E-state index contributed by atoms with van der Waals surface area (Å²) in [6.07, 6.45) is 2.01. The molecule has 0 aliphatic carbocycles. The lowest BCUT2D eigenvalue weighted by atomic mass is 9.81. The van der Waals surface area contributed by atoms with Crippen LogP contribution in [0.4, 0.5) is 4.39 Å². The third kappa shape index (κ3) is 7.75. The number of nitrogens with two attached hydrogens (primary N) is 1. The number of primary amides is 1. The third-order valence-corrected chi connectivity index (χ3v) is 9.33. The molecule has 252 valence electrons. The van der Waals surface area contributed by atoms with Gasteiger partial charge in [-0.3, -0.25) is 9.59 Å². The zero-order chi connectivity index (χ0) is 33.8. The van der Waals surface area contributed by atoms with E-state index in [2.05, 4.69) is 16.8 Å². The fraction of sp³-hybridized carbons (Fsp3) is 0.472. The Balaban J connectivity index is 1.25. The van der Waals surface area contributed by atoms with Crippen LogP contribution in [0.3, 0.4) is 0 Å². The van der Waals surface area contributed by atoms with Gasteiger partial charge in [-0.25, -0.2) is 9.37 Å². The Morgan fingerprint density at radius 2 is 1.81 bits per heavy atom. The van der Waals surface area contributed by atoms with Gasteiger partial charge in [-0.2, -0.15) is 0 Å². The summed E-state index contributed by atoms with van der Waals surface area (Å²) >= 11 is 0. The molecule has 2 atom stereocenters. The number of likely N-dealkylation sites (N-methyl/N-ethyl adjacent to an activating group) is 1. The molecular weight excluding hydrogens is 603 g/mol. The predicted molar refractivity (Wildman–Crippen MR) is 176 cm³/mol. The Bertz CT molecular complexity index is 1590. The molecule has 3 heterocycles. The van der Waals surface area contributed by atoms with Gasteiger partial charge in [0.2, 0.25) is 5.91 Å². The predicted octanol–water partition coefficient (Wildman–Crippen LogP) is 4.31. The summed E-state index contributed by atoms with van der Waals surface area (Å²) in [5, 5.41) is 11.6. The highest BCUT2D eigenvalue weighted by atomic mass is 19.1. The first kappa shape index (κ1) is 34.3. The maximum Gasteiger partial charge on any atom is 0.231 e. The van der Waals surface area contributed by atoms with Crippen molar-refractivity contribution in [3.8, 4) is 28.5 Å². The van der Waals surface area contributed by atoms with E-state index in [-0.39, 0.29) is 30.9 Å². The maximum atomic E-state index is 13.7. The van der Waals surface area contributed by atoms with Crippen molar-refractivity contribution in [2.24, 2.45) is 5.73 Å². The zero-order valence-corrected chi connectivity index (χ0v) is 27.7. The Kier molecular flexibility index (Phi) is 10.5. The van der Waals surface area contributed by atoms with Crippen molar-refractivity contribution in [3.05, 3.63) is 71.2 Å².